The third-order valence-electron chi connectivity index (χ3n) is 5.06. The Hall–Kier alpha value is -3.29. The van der Waals surface area contributed by atoms with Crippen LogP contribution >= 0.6 is 0 Å². The maximum atomic E-state index is 12.8. The highest BCUT2D eigenvalue weighted by atomic mass is 16.5. The predicted molar refractivity (Wildman–Crippen MR) is 104 cm³/mol. The van der Waals surface area contributed by atoms with Crippen molar-refractivity contribution in [1.29, 1.82) is 0 Å². The zero-order valence-corrected chi connectivity index (χ0v) is 15.7. The molecule has 4 rings (SSSR count). The molecule has 2 aromatic heterocycles. The van der Waals surface area contributed by atoms with E-state index in [0.717, 1.165) is 23.6 Å². The van der Waals surface area contributed by atoms with Crippen LogP contribution in [0, 0.1) is 0 Å². The number of fused-ring (bicyclic) bond motifs is 1. The van der Waals surface area contributed by atoms with Crippen molar-refractivity contribution in [3.05, 3.63) is 70.2 Å². The molecule has 1 unspecified atom stereocenters. The van der Waals surface area contributed by atoms with Crippen molar-refractivity contribution in [2.24, 2.45) is 0 Å². The van der Waals surface area contributed by atoms with Gasteiger partial charge < -0.3 is 15.0 Å². The number of amides is 1. The zero-order chi connectivity index (χ0) is 19.5. The van der Waals surface area contributed by atoms with Crippen molar-refractivity contribution < 1.29 is 9.53 Å². The van der Waals surface area contributed by atoms with Crippen LogP contribution in [-0.2, 0) is 19.5 Å². The molecule has 1 amide bonds. The summed E-state index contributed by atoms with van der Waals surface area (Å²) in [7, 11) is 1.62. The number of benzene rings is 1. The predicted octanol–water partition coefficient (Wildman–Crippen LogP) is 1.56. The second-order valence-corrected chi connectivity index (χ2v) is 6.94. The van der Waals surface area contributed by atoms with Crippen molar-refractivity contribution in [3.63, 3.8) is 0 Å². The van der Waals surface area contributed by atoms with Crippen molar-refractivity contribution in [1.82, 2.24) is 24.6 Å². The molecule has 8 nitrogen and oxygen atoms in total. The second-order valence-electron chi connectivity index (χ2n) is 6.94. The summed E-state index contributed by atoms with van der Waals surface area (Å²) in [4.78, 5) is 27.9. The van der Waals surface area contributed by atoms with Gasteiger partial charge in [-0.05, 0) is 42.7 Å². The molecule has 2 N–H and O–H groups in total. The fourth-order valence-electron chi connectivity index (χ4n) is 3.55. The monoisotopic (exact) mass is 381 g/mol. The smallest absolute Gasteiger partial charge is 0.346 e. The first-order valence-corrected chi connectivity index (χ1v) is 9.38. The fraction of sp³-hybridized carbons (Fsp3) is 0.350. The van der Waals surface area contributed by atoms with Gasteiger partial charge in [-0.1, -0.05) is 12.1 Å². The van der Waals surface area contributed by atoms with Crippen molar-refractivity contribution in [2.75, 3.05) is 7.11 Å². The third kappa shape index (κ3) is 3.71. The summed E-state index contributed by atoms with van der Waals surface area (Å²) in [5, 5.41) is 7.57. The number of hydrogen-bond donors (Lipinski definition) is 2. The van der Waals surface area contributed by atoms with E-state index in [2.05, 4.69) is 15.4 Å². The molecule has 1 aliphatic heterocycles. The van der Waals surface area contributed by atoms with E-state index in [1.165, 1.54) is 4.68 Å². The van der Waals surface area contributed by atoms with Gasteiger partial charge in [0.2, 0.25) is 0 Å². The molecule has 0 bridgehead atoms. The van der Waals surface area contributed by atoms with E-state index in [1.54, 1.807) is 30.0 Å². The summed E-state index contributed by atoms with van der Waals surface area (Å²) < 4.78 is 8.47. The van der Waals surface area contributed by atoms with Crippen LogP contribution in [0.15, 0.2) is 47.4 Å². The number of aryl methyl sites for hydroxylation is 1. The molecule has 3 aromatic rings. The molecule has 0 saturated carbocycles. The van der Waals surface area contributed by atoms with Gasteiger partial charge in [0.05, 0.1) is 13.7 Å². The molecular weight excluding hydrogens is 358 g/mol. The quantitative estimate of drug-likeness (QED) is 0.701. The molecule has 0 radical (unpaired) electrons. The lowest BCUT2D eigenvalue weighted by Gasteiger charge is -2.15. The molecule has 8 heteroatoms. The number of H-pyrrole nitrogens is 1. The van der Waals surface area contributed by atoms with Crippen LogP contribution < -0.4 is 15.7 Å². The van der Waals surface area contributed by atoms with Gasteiger partial charge in [-0.3, -0.25) is 9.36 Å². The lowest BCUT2D eigenvalue weighted by Crippen LogP contribution is -2.36. The number of rotatable bonds is 5. The molecule has 1 aliphatic rings. The minimum absolute atomic E-state index is 0.0173. The van der Waals surface area contributed by atoms with Crippen LogP contribution in [0.3, 0.4) is 0 Å². The summed E-state index contributed by atoms with van der Waals surface area (Å²) in [6.07, 6.45) is 3.82. The minimum Gasteiger partial charge on any atom is -0.497 e. The number of carbonyl (C=O) groups excluding carboxylic acids is 1. The van der Waals surface area contributed by atoms with Gasteiger partial charge in [-0.25, -0.2) is 9.48 Å². The number of aromatic nitrogens is 4. The molecule has 0 spiro atoms. The Balaban J connectivity index is 1.44. The van der Waals surface area contributed by atoms with E-state index < -0.39 is 0 Å². The van der Waals surface area contributed by atoms with Crippen LogP contribution in [0.4, 0.5) is 0 Å². The summed E-state index contributed by atoms with van der Waals surface area (Å²) in [5.41, 5.74) is 1.39. The molecule has 0 aliphatic carbocycles. The van der Waals surface area contributed by atoms with E-state index in [-0.39, 0.29) is 17.6 Å². The van der Waals surface area contributed by atoms with Gasteiger partial charge in [0, 0.05) is 25.2 Å². The van der Waals surface area contributed by atoms with Crippen LogP contribution in [0.1, 0.15) is 34.7 Å². The van der Waals surface area contributed by atoms with Gasteiger partial charge >= 0.3 is 5.69 Å². The van der Waals surface area contributed by atoms with Gasteiger partial charge in [0.1, 0.15) is 17.3 Å². The lowest BCUT2D eigenvalue weighted by molar-refractivity contribution is 0.0928. The Morgan fingerprint density at radius 1 is 1.32 bits per heavy atom. The summed E-state index contributed by atoms with van der Waals surface area (Å²) in [6, 6.07) is 11.2. The fourth-order valence-corrected chi connectivity index (χ4v) is 3.55. The maximum Gasteiger partial charge on any atom is 0.346 e. The number of nitrogens with zero attached hydrogens (tertiary/aromatic N) is 3. The van der Waals surface area contributed by atoms with E-state index in [0.29, 0.717) is 31.6 Å². The highest BCUT2D eigenvalue weighted by Crippen LogP contribution is 2.15. The highest BCUT2D eigenvalue weighted by molar-refractivity contribution is 5.92. The normalized spacial score (nSPS) is 16.2. The maximum absolute atomic E-state index is 12.8. The van der Waals surface area contributed by atoms with Gasteiger partial charge in [0.25, 0.3) is 5.91 Å². The van der Waals surface area contributed by atoms with E-state index >= 15 is 0 Å². The molecule has 146 valence electrons. The molecular formula is C20H23N5O3. The Morgan fingerprint density at radius 2 is 2.21 bits per heavy atom. The summed E-state index contributed by atoms with van der Waals surface area (Å²) in [6.45, 7) is 0.949. The number of hydrogen-bond acceptors (Lipinski definition) is 4. The molecule has 28 heavy (non-hydrogen) atoms. The zero-order valence-electron chi connectivity index (χ0n) is 15.7. The largest absolute Gasteiger partial charge is 0.497 e. The van der Waals surface area contributed by atoms with E-state index in [9.17, 15) is 9.59 Å². The Bertz CT molecular complexity index is 1020. The second kappa shape index (κ2) is 7.75. The first-order chi connectivity index (χ1) is 13.6. The Labute approximate surface area is 162 Å². The first-order valence-electron chi connectivity index (χ1n) is 9.38. The van der Waals surface area contributed by atoms with Gasteiger partial charge in [0.15, 0.2) is 0 Å². The standard InChI is InChI=1S/C20H23N5O3/c1-28-16-5-2-4-14(12-16)13-25-20(27)24-11-9-15(7-8-18(24)23-25)22-19(26)17-6-3-10-21-17/h2-6,10,12,15,21H,7-9,11,13H2,1H3,(H,22,26). The average Bonchev–Trinajstić information content (AvgIpc) is 3.29. The number of nitrogens with one attached hydrogen (secondary N) is 2. The molecule has 0 fully saturated rings. The van der Waals surface area contributed by atoms with Crippen LogP contribution in [-0.4, -0.2) is 38.4 Å². The lowest BCUT2D eigenvalue weighted by atomic mass is 10.1. The third-order valence-corrected chi connectivity index (χ3v) is 5.06. The molecule has 0 saturated heterocycles. The molecule has 1 atom stereocenters. The summed E-state index contributed by atoms with van der Waals surface area (Å²) >= 11 is 0. The van der Waals surface area contributed by atoms with Crippen molar-refractivity contribution in [3.8, 4) is 5.75 Å². The van der Waals surface area contributed by atoms with Crippen LogP contribution in [0.5, 0.6) is 5.75 Å². The molecule has 1 aromatic carbocycles. The van der Waals surface area contributed by atoms with Crippen LogP contribution in [0.2, 0.25) is 0 Å². The summed E-state index contributed by atoms with van der Waals surface area (Å²) in [5.74, 6) is 1.40. The van der Waals surface area contributed by atoms with E-state index in [1.807, 2.05) is 24.3 Å². The number of ether oxygens (including phenoxy) is 1. The highest BCUT2D eigenvalue weighted by Gasteiger charge is 2.22. The van der Waals surface area contributed by atoms with Crippen molar-refractivity contribution in [2.45, 2.75) is 38.4 Å². The number of methoxy groups -OCH3 is 1. The topological polar surface area (TPSA) is 93.9 Å². The number of carbonyl (C=O) groups is 1. The first kappa shape index (κ1) is 18.1. The average molecular weight is 381 g/mol. The van der Waals surface area contributed by atoms with Gasteiger partial charge in [-0.15, -0.1) is 0 Å². The number of aromatic amines is 1. The Kier molecular flexibility index (Phi) is 5.01. The minimum atomic E-state index is -0.120. The Morgan fingerprint density at radius 3 is 3.00 bits per heavy atom. The van der Waals surface area contributed by atoms with Crippen LogP contribution in [0.25, 0.3) is 0 Å². The van der Waals surface area contributed by atoms with E-state index in [4.69, 9.17) is 4.74 Å². The van der Waals surface area contributed by atoms with Crippen molar-refractivity contribution >= 4 is 5.91 Å². The SMILES string of the molecule is COc1cccc(Cn2nc3n(c2=O)CCC(NC(=O)c2ccc[nH]2)CC3)c1. The van der Waals surface area contributed by atoms with Gasteiger partial charge in [-0.2, -0.15) is 5.10 Å². The molecule has 3 heterocycles.